The number of hydrogen-bond acceptors (Lipinski definition) is 2. The molecule has 2 nitrogen and oxygen atoms in total. The van der Waals surface area contributed by atoms with E-state index in [9.17, 15) is 4.79 Å². The highest BCUT2D eigenvalue weighted by Crippen LogP contribution is 2.40. The first-order valence-electron chi connectivity index (χ1n) is 6.95. The van der Waals surface area contributed by atoms with E-state index in [1.54, 1.807) is 6.07 Å². The first kappa shape index (κ1) is 13.3. The molecule has 3 aromatic rings. The summed E-state index contributed by atoms with van der Waals surface area (Å²) in [5.74, 6) is 0.278. The summed E-state index contributed by atoms with van der Waals surface area (Å²) in [6.45, 7) is 0. The third-order valence-corrected chi connectivity index (χ3v) is 4.60. The molecule has 0 bridgehead atoms. The Balaban J connectivity index is 1.98. The first-order valence-corrected chi connectivity index (χ1v) is 7.74. The molecule has 0 saturated heterocycles. The predicted octanol–water partition coefficient (Wildman–Crippen LogP) is 5.23. The van der Waals surface area contributed by atoms with Gasteiger partial charge in [-0.15, -0.1) is 0 Å². The SMILES string of the molecule is O=C1O/C(=C(\Br)c2cccc3ccccc23)c2ccccc21. The average Bonchev–Trinajstić information content (AvgIpc) is 2.91. The minimum atomic E-state index is -0.303. The number of ether oxygens (including phenoxy) is 1. The Morgan fingerprint density at radius 2 is 1.50 bits per heavy atom. The summed E-state index contributed by atoms with van der Waals surface area (Å²) in [6, 6.07) is 21.7. The Morgan fingerprint density at radius 3 is 2.36 bits per heavy atom. The van der Waals surface area contributed by atoms with Gasteiger partial charge in [-0.25, -0.2) is 4.79 Å². The smallest absolute Gasteiger partial charge is 0.344 e. The van der Waals surface area contributed by atoms with E-state index in [-0.39, 0.29) is 5.97 Å². The molecule has 4 rings (SSSR count). The van der Waals surface area contributed by atoms with Crippen LogP contribution in [0.3, 0.4) is 0 Å². The third-order valence-electron chi connectivity index (χ3n) is 3.81. The Kier molecular flexibility index (Phi) is 3.09. The van der Waals surface area contributed by atoms with Gasteiger partial charge in [0.1, 0.15) is 0 Å². The van der Waals surface area contributed by atoms with Crippen molar-refractivity contribution < 1.29 is 9.53 Å². The minimum Gasteiger partial charge on any atom is -0.421 e. The molecular formula is C19H11BrO2. The second-order valence-electron chi connectivity index (χ2n) is 5.10. The number of halogens is 1. The molecule has 1 heterocycles. The second-order valence-corrected chi connectivity index (χ2v) is 5.90. The van der Waals surface area contributed by atoms with E-state index < -0.39 is 0 Å². The highest BCUT2D eigenvalue weighted by atomic mass is 79.9. The molecule has 0 amide bonds. The third kappa shape index (κ3) is 1.97. The largest absolute Gasteiger partial charge is 0.421 e. The van der Waals surface area contributed by atoms with Gasteiger partial charge in [0.2, 0.25) is 0 Å². The molecule has 1 aliphatic heterocycles. The van der Waals surface area contributed by atoms with E-state index in [2.05, 4.69) is 34.1 Å². The van der Waals surface area contributed by atoms with Gasteiger partial charge in [-0.05, 0) is 32.8 Å². The molecule has 0 aromatic heterocycles. The van der Waals surface area contributed by atoms with Gasteiger partial charge in [-0.1, -0.05) is 60.7 Å². The Hall–Kier alpha value is -2.39. The normalized spacial score (nSPS) is 15.6. The van der Waals surface area contributed by atoms with Gasteiger partial charge in [-0.2, -0.15) is 0 Å². The van der Waals surface area contributed by atoms with Crippen LogP contribution in [-0.2, 0) is 4.74 Å². The maximum atomic E-state index is 12.0. The minimum absolute atomic E-state index is 0.303. The summed E-state index contributed by atoms with van der Waals surface area (Å²) in [6.07, 6.45) is 0. The molecule has 0 atom stereocenters. The van der Waals surface area contributed by atoms with Crippen molar-refractivity contribution in [2.45, 2.75) is 0 Å². The Labute approximate surface area is 136 Å². The van der Waals surface area contributed by atoms with Crippen molar-refractivity contribution in [3.63, 3.8) is 0 Å². The van der Waals surface area contributed by atoms with Gasteiger partial charge in [0.25, 0.3) is 0 Å². The van der Waals surface area contributed by atoms with Crippen molar-refractivity contribution in [3.05, 3.63) is 83.4 Å². The van der Waals surface area contributed by atoms with Crippen molar-refractivity contribution in [2.75, 3.05) is 0 Å². The predicted molar refractivity (Wildman–Crippen MR) is 91.5 cm³/mol. The van der Waals surface area contributed by atoms with E-state index in [0.29, 0.717) is 11.3 Å². The molecule has 0 unspecified atom stereocenters. The van der Waals surface area contributed by atoms with Crippen LogP contribution in [-0.4, -0.2) is 5.97 Å². The molecule has 3 heteroatoms. The van der Waals surface area contributed by atoms with Crippen LogP contribution in [0.4, 0.5) is 0 Å². The number of fused-ring (bicyclic) bond motifs is 2. The molecule has 0 fully saturated rings. The Bertz CT molecular complexity index is 936. The Morgan fingerprint density at radius 1 is 0.818 bits per heavy atom. The fraction of sp³-hybridized carbons (Fsp3) is 0. The zero-order chi connectivity index (χ0) is 15.1. The summed E-state index contributed by atoms with van der Waals surface area (Å²) in [4.78, 5) is 12.0. The number of cyclic esters (lactones) is 1. The summed E-state index contributed by atoms with van der Waals surface area (Å²) < 4.78 is 6.28. The monoisotopic (exact) mass is 350 g/mol. The van der Waals surface area contributed by atoms with Gasteiger partial charge in [0.05, 0.1) is 10.0 Å². The van der Waals surface area contributed by atoms with E-state index >= 15 is 0 Å². The molecule has 3 aromatic carbocycles. The number of carbonyl (C=O) groups excluding carboxylic acids is 1. The zero-order valence-corrected chi connectivity index (χ0v) is 13.1. The van der Waals surface area contributed by atoms with Gasteiger partial charge < -0.3 is 4.74 Å². The summed E-state index contributed by atoms with van der Waals surface area (Å²) in [5, 5.41) is 2.26. The van der Waals surface area contributed by atoms with Crippen LogP contribution in [0.5, 0.6) is 0 Å². The molecule has 0 saturated carbocycles. The summed E-state index contributed by atoms with van der Waals surface area (Å²) >= 11 is 3.63. The van der Waals surface area contributed by atoms with Crippen molar-refractivity contribution in [3.8, 4) is 0 Å². The molecule has 22 heavy (non-hydrogen) atoms. The van der Waals surface area contributed by atoms with Crippen LogP contribution >= 0.6 is 15.9 Å². The lowest BCUT2D eigenvalue weighted by atomic mass is 10.0. The highest BCUT2D eigenvalue weighted by molar-refractivity contribution is 9.15. The van der Waals surface area contributed by atoms with Gasteiger partial charge in [0.15, 0.2) is 5.76 Å². The molecule has 0 N–H and O–H groups in total. The molecule has 106 valence electrons. The van der Waals surface area contributed by atoms with E-state index in [1.807, 2.05) is 42.5 Å². The summed E-state index contributed by atoms with van der Waals surface area (Å²) in [7, 11) is 0. The fourth-order valence-electron chi connectivity index (χ4n) is 2.76. The number of esters is 1. The fourth-order valence-corrected chi connectivity index (χ4v) is 3.40. The first-order chi connectivity index (χ1) is 10.8. The molecule has 0 radical (unpaired) electrons. The van der Waals surface area contributed by atoms with Crippen LogP contribution in [0.15, 0.2) is 66.7 Å². The second kappa shape index (κ2) is 5.11. The summed E-state index contributed by atoms with van der Waals surface area (Å²) in [5.41, 5.74) is 2.44. The van der Waals surface area contributed by atoms with Crippen molar-refractivity contribution >= 4 is 42.9 Å². The maximum Gasteiger partial charge on any atom is 0.344 e. The maximum absolute atomic E-state index is 12.0. The van der Waals surface area contributed by atoms with E-state index in [1.165, 1.54) is 0 Å². The molecule has 0 spiro atoms. The number of benzene rings is 3. The topological polar surface area (TPSA) is 26.3 Å². The van der Waals surface area contributed by atoms with Gasteiger partial charge in [-0.3, -0.25) is 0 Å². The molecular weight excluding hydrogens is 340 g/mol. The van der Waals surface area contributed by atoms with Crippen LogP contribution < -0.4 is 0 Å². The van der Waals surface area contributed by atoms with Gasteiger partial charge >= 0.3 is 5.97 Å². The lowest BCUT2D eigenvalue weighted by molar-refractivity contribution is 0.0717. The number of rotatable bonds is 1. The molecule has 1 aliphatic rings. The number of carbonyl (C=O) groups is 1. The van der Waals surface area contributed by atoms with Crippen LogP contribution in [0.1, 0.15) is 21.5 Å². The standard InChI is InChI=1S/C19H11BrO2/c20-17(14-11-5-7-12-6-1-2-8-13(12)14)18-15-9-3-4-10-16(15)19(21)22-18/h1-11H/b18-17-. The van der Waals surface area contributed by atoms with Crippen molar-refractivity contribution in [1.82, 2.24) is 0 Å². The van der Waals surface area contributed by atoms with E-state index in [0.717, 1.165) is 26.4 Å². The van der Waals surface area contributed by atoms with Crippen LogP contribution in [0.2, 0.25) is 0 Å². The molecule has 0 aliphatic carbocycles. The van der Waals surface area contributed by atoms with Crippen LogP contribution in [0.25, 0.3) is 21.0 Å². The van der Waals surface area contributed by atoms with Crippen molar-refractivity contribution in [2.24, 2.45) is 0 Å². The number of hydrogen-bond donors (Lipinski definition) is 0. The lowest BCUT2D eigenvalue weighted by Gasteiger charge is -2.08. The lowest BCUT2D eigenvalue weighted by Crippen LogP contribution is -1.92. The van der Waals surface area contributed by atoms with Gasteiger partial charge in [0, 0.05) is 11.1 Å². The average molecular weight is 351 g/mol. The quantitative estimate of drug-likeness (QED) is 0.561. The van der Waals surface area contributed by atoms with Crippen LogP contribution in [0, 0.1) is 0 Å². The van der Waals surface area contributed by atoms with Crippen molar-refractivity contribution in [1.29, 1.82) is 0 Å². The highest BCUT2D eigenvalue weighted by Gasteiger charge is 2.28. The zero-order valence-electron chi connectivity index (χ0n) is 11.5. The van der Waals surface area contributed by atoms with E-state index in [4.69, 9.17) is 4.74 Å².